The summed E-state index contributed by atoms with van der Waals surface area (Å²) in [5.41, 5.74) is 1.12. The number of carbonyl (C=O) groups is 2. The maximum absolute atomic E-state index is 11.9. The Morgan fingerprint density at radius 1 is 1.22 bits per heavy atom. The first-order chi connectivity index (χ1) is 11.2. The number of urea groups is 1. The van der Waals surface area contributed by atoms with Crippen molar-refractivity contribution in [1.82, 2.24) is 16.0 Å². The zero-order chi connectivity index (χ0) is 16.1. The zero-order valence-corrected chi connectivity index (χ0v) is 13.9. The van der Waals surface area contributed by atoms with Crippen molar-refractivity contribution in [3.8, 4) is 0 Å². The van der Waals surface area contributed by atoms with Gasteiger partial charge in [-0.1, -0.05) is 36.8 Å². The van der Waals surface area contributed by atoms with Gasteiger partial charge in [0.15, 0.2) is 0 Å². The standard InChI is InChI=1S/C17H23N3O2S/c21-15(18-10-12-6-2-1-3-7-12)9-5-4-8-14-16-13(11-23-14)19-17(22)20-16/h1-3,6-7,13-14,16H,4-5,8-11H2,(H,18,21)(H2,19,20,22)/t13-,14+,16+/m0/s1. The van der Waals surface area contributed by atoms with Gasteiger partial charge in [0.1, 0.15) is 0 Å². The van der Waals surface area contributed by atoms with Gasteiger partial charge in [-0.3, -0.25) is 4.79 Å². The highest BCUT2D eigenvalue weighted by Crippen LogP contribution is 2.33. The van der Waals surface area contributed by atoms with Crippen LogP contribution in [0.3, 0.4) is 0 Å². The minimum absolute atomic E-state index is 0.0365. The summed E-state index contributed by atoms with van der Waals surface area (Å²) in [7, 11) is 0. The van der Waals surface area contributed by atoms with Crippen molar-refractivity contribution in [2.45, 2.75) is 49.6 Å². The van der Waals surface area contributed by atoms with Crippen LogP contribution in [-0.4, -0.2) is 35.0 Å². The third-order valence-electron chi connectivity index (χ3n) is 4.41. The van der Waals surface area contributed by atoms with Gasteiger partial charge in [0.25, 0.3) is 0 Å². The van der Waals surface area contributed by atoms with Crippen LogP contribution in [0.4, 0.5) is 4.79 Å². The van der Waals surface area contributed by atoms with Gasteiger partial charge in [-0.05, 0) is 18.4 Å². The number of hydrogen-bond donors (Lipinski definition) is 3. The number of nitrogens with one attached hydrogen (secondary N) is 3. The molecule has 0 saturated carbocycles. The second kappa shape index (κ2) is 7.73. The highest BCUT2D eigenvalue weighted by atomic mass is 32.2. The molecule has 0 unspecified atom stereocenters. The van der Waals surface area contributed by atoms with E-state index in [4.69, 9.17) is 0 Å². The molecule has 0 spiro atoms. The molecule has 3 amide bonds. The number of rotatable bonds is 7. The number of hydrogen-bond acceptors (Lipinski definition) is 3. The maximum atomic E-state index is 11.9. The van der Waals surface area contributed by atoms with Crippen molar-refractivity contribution in [2.24, 2.45) is 0 Å². The summed E-state index contributed by atoms with van der Waals surface area (Å²) in [5.74, 6) is 1.10. The summed E-state index contributed by atoms with van der Waals surface area (Å²) in [4.78, 5) is 23.2. The number of carbonyl (C=O) groups excluding carboxylic acids is 2. The van der Waals surface area contributed by atoms with E-state index in [1.54, 1.807) is 0 Å². The molecule has 124 valence electrons. The second-order valence-corrected chi connectivity index (χ2v) is 7.40. The lowest BCUT2D eigenvalue weighted by Gasteiger charge is -2.16. The van der Waals surface area contributed by atoms with Crippen molar-refractivity contribution in [3.63, 3.8) is 0 Å². The van der Waals surface area contributed by atoms with Gasteiger partial charge >= 0.3 is 6.03 Å². The summed E-state index contributed by atoms with van der Waals surface area (Å²) >= 11 is 1.93. The molecule has 2 aliphatic heterocycles. The molecule has 0 aromatic heterocycles. The van der Waals surface area contributed by atoms with Gasteiger partial charge < -0.3 is 16.0 Å². The van der Waals surface area contributed by atoms with E-state index >= 15 is 0 Å². The Kier molecular flexibility index (Phi) is 5.43. The van der Waals surface area contributed by atoms with Crippen molar-refractivity contribution < 1.29 is 9.59 Å². The fourth-order valence-corrected chi connectivity index (χ4v) is 4.70. The summed E-state index contributed by atoms with van der Waals surface area (Å²) in [5, 5.41) is 9.39. The molecule has 3 N–H and O–H groups in total. The maximum Gasteiger partial charge on any atom is 0.315 e. The molecule has 5 nitrogen and oxygen atoms in total. The first kappa shape index (κ1) is 16.2. The molecule has 0 radical (unpaired) electrons. The third kappa shape index (κ3) is 4.41. The van der Waals surface area contributed by atoms with Gasteiger partial charge in [0.05, 0.1) is 12.1 Å². The summed E-state index contributed by atoms with van der Waals surface area (Å²) in [6.45, 7) is 0.597. The van der Waals surface area contributed by atoms with Crippen LogP contribution in [-0.2, 0) is 11.3 Å². The van der Waals surface area contributed by atoms with Crippen molar-refractivity contribution in [2.75, 3.05) is 5.75 Å². The van der Waals surface area contributed by atoms with Crippen LogP contribution >= 0.6 is 11.8 Å². The molecule has 6 heteroatoms. The monoisotopic (exact) mass is 333 g/mol. The lowest BCUT2D eigenvalue weighted by molar-refractivity contribution is -0.121. The molecule has 2 aliphatic rings. The second-order valence-electron chi connectivity index (χ2n) is 6.13. The van der Waals surface area contributed by atoms with Gasteiger partial charge in [-0.25, -0.2) is 4.79 Å². The molecule has 2 fully saturated rings. The van der Waals surface area contributed by atoms with E-state index in [9.17, 15) is 9.59 Å². The van der Waals surface area contributed by atoms with E-state index in [-0.39, 0.29) is 24.0 Å². The predicted molar refractivity (Wildman–Crippen MR) is 92.2 cm³/mol. The van der Waals surface area contributed by atoms with Crippen LogP contribution in [0.2, 0.25) is 0 Å². The van der Waals surface area contributed by atoms with Crippen LogP contribution in [0.1, 0.15) is 31.2 Å². The fraction of sp³-hybridized carbons (Fsp3) is 0.529. The number of unbranched alkanes of at least 4 members (excludes halogenated alkanes) is 1. The van der Waals surface area contributed by atoms with Crippen molar-refractivity contribution in [3.05, 3.63) is 35.9 Å². The van der Waals surface area contributed by atoms with E-state index < -0.39 is 0 Å². The number of fused-ring (bicyclic) bond motifs is 1. The van der Waals surface area contributed by atoms with E-state index in [0.29, 0.717) is 18.2 Å². The molecule has 2 saturated heterocycles. The topological polar surface area (TPSA) is 70.2 Å². The van der Waals surface area contributed by atoms with E-state index in [2.05, 4.69) is 16.0 Å². The highest BCUT2D eigenvalue weighted by molar-refractivity contribution is 8.00. The Morgan fingerprint density at radius 2 is 2.04 bits per heavy atom. The quantitative estimate of drug-likeness (QED) is 0.528. The normalized spacial score (nSPS) is 25.6. The van der Waals surface area contributed by atoms with Gasteiger partial charge in [-0.2, -0.15) is 11.8 Å². The first-order valence-corrected chi connectivity index (χ1v) is 9.26. The zero-order valence-electron chi connectivity index (χ0n) is 13.1. The number of thioether (sulfide) groups is 1. The Labute approximate surface area is 141 Å². The van der Waals surface area contributed by atoms with Crippen LogP contribution < -0.4 is 16.0 Å². The molecule has 1 aromatic carbocycles. The molecule has 0 bridgehead atoms. The van der Waals surface area contributed by atoms with Crippen LogP contribution in [0.15, 0.2) is 30.3 Å². The summed E-state index contributed by atoms with van der Waals surface area (Å²) in [6, 6.07) is 10.5. The Hall–Kier alpha value is -1.69. The molecule has 23 heavy (non-hydrogen) atoms. The number of amides is 3. The molecule has 3 rings (SSSR count). The Bertz CT molecular complexity index is 552. The molecule has 3 atom stereocenters. The van der Waals surface area contributed by atoms with Crippen molar-refractivity contribution in [1.29, 1.82) is 0 Å². The highest BCUT2D eigenvalue weighted by Gasteiger charge is 2.42. The van der Waals surface area contributed by atoms with Gasteiger partial charge in [0.2, 0.25) is 5.91 Å². The smallest absolute Gasteiger partial charge is 0.315 e. The van der Waals surface area contributed by atoms with Crippen LogP contribution in [0.5, 0.6) is 0 Å². The summed E-state index contributed by atoms with van der Waals surface area (Å²) < 4.78 is 0. The third-order valence-corrected chi connectivity index (χ3v) is 5.92. The van der Waals surface area contributed by atoms with E-state index in [0.717, 1.165) is 30.6 Å². The first-order valence-electron chi connectivity index (χ1n) is 8.21. The fourth-order valence-electron chi connectivity index (χ4n) is 3.16. The van der Waals surface area contributed by atoms with Crippen LogP contribution in [0.25, 0.3) is 0 Å². The molecule has 2 heterocycles. The summed E-state index contributed by atoms with van der Waals surface area (Å²) in [6.07, 6.45) is 3.55. The molecular formula is C17H23N3O2S. The van der Waals surface area contributed by atoms with E-state index in [1.165, 1.54) is 0 Å². The van der Waals surface area contributed by atoms with E-state index in [1.807, 2.05) is 42.1 Å². The molecule has 1 aromatic rings. The van der Waals surface area contributed by atoms with Crippen molar-refractivity contribution >= 4 is 23.7 Å². The average Bonchev–Trinajstić information content (AvgIpc) is 3.10. The lowest BCUT2D eigenvalue weighted by Crippen LogP contribution is -2.36. The largest absolute Gasteiger partial charge is 0.352 e. The Morgan fingerprint density at radius 3 is 2.87 bits per heavy atom. The minimum atomic E-state index is -0.0365. The molecular weight excluding hydrogens is 310 g/mol. The Balaban J connectivity index is 1.29. The average molecular weight is 333 g/mol. The SMILES string of the molecule is O=C(CCCC[C@H]1SC[C@@H]2NC(=O)N[C@H]21)NCc1ccccc1. The minimum Gasteiger partial charge on any atom is -0.352 e. The predicted octanol–water partition coefficient (Wildman–Crippen LogP) is 2.03. The number of benzene rings is 1. The van der Waals surface area contributed by atoms with Crippen LogP contribution in [0, 0.1) is 0 Å². The van der Waals surface area contributed by atoms with Gasteiger partial charge in [0, 0.05) is 24.0 Å². The lowest BCUT2D eigenvalue weighted by atomic mass is 10.0. The van der Waals surface area contributed by atoms with Gasteiger partial charge in [-0.15, -0.1) is 0 Å². The molecule has 0 aliphatic carbocycles.